The van der Waals surface area contributed by atoms with Crippen LogP contribution in [0.1, 0.15) is 118 Å². The molecule has 2 aliphatic carbocycles. The van der Waals surface area contributed by atoms with E-state index in [9.17, 15) is 33.7 Å². The van der Waals surface area contributed by atoms with Gasteiger partial charge in [-0.15, -0.1) is 0 Å². The lowest BCUT2D eigenvalue weighted by atomic mass is 9.77. The van der Waals surface area contributed by atoms with Crippen LogP contribution in [0.15, 0.2) is 48.5 Å². The first-order valence-electron chi connectivity index (χ1n) is 20.6. The number of hydrogen-bond donors (Lipinski definition) is 4. The van der Waals surface area contributed by atoms with Crippen molar-refractivity contribution in [3.05, 3.63) is 59.7 Å². The van der Waals surface area contributed by atoms with Crippen LogP contribution in [0.25, 0.3) is 0 Å². The molecule has 4 rings (SSSR count). The molecule has 2 aromatic carbocycles. The van der Waals surface area contributed by atoms with Crippen LogP contribution in [0.3, 0.4) is 0 Å². The molecule has 4 atom stereocenters. The average Bonchev–Trinajstić information content (AvgIpc) is 3.17. The number of hydrogen-bond acceptors (Lipinski definition) is 10. The molecular weight excluding hydrogens is 863 g/mol. The van der Waals surface area contributed by atoms with Crippen molar-refractivity contribution >= 4 is 40.1 Å². The topological polar surface area (TPSA) is 203 Å². The molecular formula is C40H66F2N4O10S4. The summed E-state index contributed by atoms with van der Waals surface area (Å²) in [4.78, 5) is 0. The smallest absolute Gasteiger partial charge is 0.214 e. The van der Waals surface area contributed by atoms with E-state index in [1.807, 2.05) is 0 Å². The molecule has 2 fully saturated rings. The van der Waals surface area contributed by atoms with Crippen LogP contribution in [0.5, 0.6) is 11.5 Å². The second kappa shape index (κ2) is 21.8. The van der Waals surface area contributed by atoms with Crippen LogP contribution >= 0.6 is 0 Å². The molecule has 4 N–H and O–H groups in total. The highest BCUT2D eigenvalue weighted by molar-refractivity contribution is 7.90. The van der Waals surface area contributed by atoms with E-state index in [2.05, 4.69) is 18.9 Å². The van der Waals surface area contributed by atoms with Gasteiger partial charge in [-0.2, -0.15) is 0 Å². The van der Waals surface area contributed by atoms with Crippen LogP contribution in [-0.2, 0) is 51.4 Å². The Labute approximate surface area is 358 Å². The number of halogens is 2. The molecule has 0 aliphatic heterocycles. The van der Waals surface area contributed by atoms with Crippen molar-refractivity contribution in [1.29, 1.82) is 0 Å². The van der Waals surface area contributed by atoms with Crippen molar-refractivity contribution in [2.45, 2.75) is 151 Å². The van der Waals surface area contributed by atoms with Crippen LogP contribution in [0, 0.1) is 0 Å². The van der Waals surface area contributed by atoms with Crippen LogP contribution in [0.4, 0.5) is 8.78 Å². The van der Waals surface area contributed by atoms with E-state index >= 15 is 8.78 Å². The summed E-state index contributed by atoms with van der Waals surface area (Å²) in [6.45, 7) is 13.2. The third-order valence-corrected chi connectivity index (χ3v) is 18.2. The lowest BCUT2D eigenvalue weighted by molar-refractivity contribution is 0.0711. The van der Waals surface area contributed by atoms with Gasteiger partial charge in [-0.25, -0.2) is 61.3 Å². The predicted molar refractivity (Wildman–Crippen MR) is 232 cm³/mol. The zero-order valence-corrected chi connectivity index (χ0v) is 39.3. The Hall–Kier alpha value is -2.46. The summed E-state index contributed by atoms with van der Waals surface area (Å²) >= 11 is 0. The molecule has 0 aromatic heterocycles. The van der Waals surface area contributed by atoms with Gasteiger partial charge in [0.05, 0.1) is 33.1 Å². The fourth-order valence-corrected chi connectivity index (χ4v) is 9.98. The quantitative estimate of drug-likeness (QED) is 0.120. The Bertz CT molecular complexity index is 1950. The summed E-state index contributed by atoms with van der Waals surface area (Å²) in [5, 5.41) is -2.30. The lowest BCUT2D eigenvalue weighted by Gasteiger charge is -2.38. The minimum absolute atomic E-state index is 0.133. The lowest BCUT2D eigenvalue weighted by Crippen LogP contribution is -2.51. The number of benzene rings is 2. The summed E-state index contributed by atoms with van der Waals surface area (Å²) in [5.41, 5.74) is -2.75. The molecule has 0 spiro atoms. The second-order valence-electron chi connectivity index (χ2n) is 16.5. The normalized spacial score (nSPS) is 23.1. The van der Waals surface area contributed by atoms with E-state index in [4.69, 9.17) is 9.47 Å². The monoisotopic (exact) mass is 928 g/mol. The van der Waals surface area contributed by atoms with Gasteiger partial charge < -0.3 is 9.47 Å². The predicted octanol–water partition coefficient (Wildman–Crippen LogP) is 5.66. The van der Waals surface area contributed by atoms with Crippen LogP contribution in [-0.4, -0.2) is 93.1 Å². The van der Waals surface area contributed by atoms with E-state index in [1.165, 1.54) is 0 Å². The molecule has 2 aliphatic rings. The van der Waals surface area contributed by atoms with E-state index in [-0.39, 0.29) is 39.1 Å². The molecule has 20 heteroatoms. The number of ether oxygens (including phenoxy) is 2. The molecule has 14 nitrogen and oxygen atoms in total. The first-order chi connectivity index (χ1) is 27.8. The second-order valence-corrected chi connectivity index (χ2v) is 25.6. The first kappa shape index (κ1) is 51.9. The maximum atomic E-state index is 16.0. The van der Waals surface area contributed by atoms with Gasteiger partial charge in [0.2, 0.25) is 40.1 Å². The van der Waals surface area contributed by atoms with E-state index in [0.717, 1.165) is 12.8 Å². The standard InChI is InChI=1S/2C20H33FN2O5S2/c2*1-15(2)29(24,25)22-13-14-28-18-10-8-17(9-11-18)20(21)12-6-5-7-19(20)23-30(26,27)16(3)4/h2*8-11,15-16,19,22-23H,5-7,12-14H2,1-4H3/t19-,20+;19-,20-/m00/s1. The molecule has 60 heavy (non-hydrogen) atoms. The highest BCUT2D eigenvalue weighted by Crippen LogP contribution is 2.43. The zero-order chi connectivity index (χ0) is 45.2. The number of rotatable bonds is 20. The van der Waals surface area contributed by atoms with Gasteiger partial charge in [-0.3, -0.25) is 0 Å². The van der Waals surface area contributed by atoms with Gasteiger partial charge in [0.15, 0.2) is 11.3 Å². The highest BCUT2D eigenvalue weighted by atomic mass is 32.2. The largest absolute Gasteiger partial charge is 0.492 e. The van der Waals surface area contributed by atoms with Gasteiger partial charge in [-0.05, 0) is 129 Å². The van der Waals surface area contributed by atoms with E-state index < -0.39 is 84.5 Å². The van der Waals surface area contributed by atoms with Crippen molar-refractivity contribution in [1.82, 2.24) is 18.9 Å². The Balaban J connectivity index is 0.000000320. The Morgan fingerprint density at radius 2 is 0.817 bits per heavy atom. The summed E-state index contributed by atoms with van der Waals surface area (Å²) in [6, 6.07) is 11.3. The summed E-state index contributed by atoms with van der Waals surface area (Å²) in [7, 11) is -13.9. The van der Waals surface area contributed by atoms with Crippen molar-refractivity contribution in [2.75, 3.05) is 26.3 Å². The van der Waals surface area contributed by atoms with E-state index in [1.54, 1.807) is 104 Å². The molecule has 0 bridgehead atoms. The molecule has 0 amide bonds. The third-order valence-electron chi connectivity index (χ3n) is 10.8. The van der Waals surface area contributed by atoms with E-state index in [0.29, 0.717) is 48.3 Å². The third kappa shape index (κ3) is 14.3. The van der Waals surface area contributed by atoms with Gasteiger partial charge >= 0.3 is 0 Å². The molecule has 0 unspecified atom stereocenters. The Morgan fingerprint density at radius 3 is 1.10 bits per heavy atom. The minimum Gasteiger partial charge on any atom is -0.492 e. The van der Waals surface area contributed by atoms with Gasteiger partial charge in [0, 0.05) is 13.1 Å². The van der Waals surface area contributed by atoms with Crippen molar-refractivity contribution < 1.29 is 51.9 Å². The van der Waals surface area contributed by atoms with Crippen LogP contribution in [0.2, 0.25) is 0 Å². The van der Waals surface area contributed by atoms with Crippen molar-refractivity contribution in [3.8, 4) is 11.5 Å². The molecule has 344 valence electrons. The van der Waals surface area contributed by atoms with Gasteiger partial charge in [0.25, 0.3) is 0 Å². The van der Waals surface area contributed by atoms with Crippen LogP contribution < -0.4 is 28.4 Å². The SMILES string of the molecule is CC(C)S(=O)(=O)NCCOc1ccc([C@@]2(F)CCCC[C@@H]2NS(=O)(=O)C(C)C)cc1.CC(C)S(=O)(=O)NCCOc1ccc([C@]2(F)CCCC[C@@H]2NS(=O)(=O)C(C)C)cc1. The molecule has 2 saturated carbocycles. The first-order valence-corrected chi connectivity index (χ1v) is 26.8. The van der Waals surface area contributed by atoms with Crippen molar-refractivity contribution in [2.24, 2.45) is 0 Å². The van der Waals surface area contributed by atoms with Gasteiger partial charge in [-0.1, -0.05) is 37.1 Å². The van der Waals surface area contributed by atoms with Gasteiger partial charge in [0.1, 0.15) is 24.7 Å². The number of alkyl halides is 2. The maximum absolute atomic E-state index is 16.0. The Kier molecular flexibility index (Phi) is 18.8. The average molecular weight is 929 g/mol. The van der Waals surface area contributed by atoms with Crippen molar-refractivity contribution in [3.63, 3.8) is 0 Å². The fraction of sp³-hybridized carbons (Fsp3) is 0.700. The minimum atomic E-state index is -3.59. The maximum Gasteiger partial charge on any atom is 0.214 e. The summed E-state index contributed by atoms with van der Waals surface area (Å²) < 4.78 is 149. The summed E-state index contributed by atoms with van der Waals surface area (Å²) in [5.74, 6) is 0.974. The number of sulfonamides is 4. The highest BCUT2D eigenvalue weighted by Gasteiger charge is 2.46. The fourth-order valence-electron chi connectivity index (χ4n) is 6.63. The molecule has 2 aromatic rings. The summed E-state index contributed by atoms with van der Waals surface area (Å²) in [6.07, 6.45) is 4.28. The molecule has 0 saturated heterocycles. The Morgan fingerprint density at radius 1 is 0.517 bits per heavy atom. The zero-order valence-electron chi connectivity index (χ0n) is 36.0. The number of nitrogens with one attached hydrogen (secondary N) is 4. The molecule has 0 heterocycles. The molecule has 0 radical (unpaired) electrons.